The molecule has 0 aromatic heterocycles. The number of carbonyl (C=O) groups is 1. The molecule has 1 radical (unpaired) electrons. The Balaban J connectivity index is 2.62. The minimum atomic E-state index is -1.19. The Labute approximate surface area is 81.4 Å². The molecular formula is C8H13O6. The maximum atomic E-state index is 11.1. The van der Waals surface area contributed by atoms with Gasteiger partial charge in [-0.1, -0.05) is 0 Å². The van der Waals surface area contributed by atoms with E-state index in [1.54, 1.807) is 0 Å². The lowest BCUT2D eigenvalue weighted by Crippen LogP contribution is -2.51. The van der Waals surface area contributed by atoms with Gasteiger partial charge in [-0.2, -0.15) is 0 Å². The number of hydrogen-bond acceptors (Lipinski definition) is 6. The van der Waals surface area contributed by atoms with Crippen molar-refractivity contribution in [2.45, 2.75) is 24.6 Å². The summed E-state index contributed by atoms with van der Waals surface area (Å²) in [7, 11) is 2.51. The molecule has 0 bridgehead atoms. The molecule has 0 saturated carbocycles. The van der Waals surface area contributed by atoms with E-state index in [2.05, 4.69) is 4.74 Å². The molecule has 81 valence electrons. The molecule has 0 spiro atoms. The van der Waals surface area contributed by atoms with Crippen LogP contribution in [0, 0.1) is 6.42 Å². The molecule has 2 N–H and O–H groups in total. The quantitative estimate of drug-likeness (QED) is 0.531. The number of rotatable bonds is 2. The van der Waals surface area contributed by atoms with Crippen LogP contribution in [-0.4, -0.2) is 55.0 Å². The van der Waals surface area contributed by atoms with Gasteiger partial charge in [0.25, 0.3) is 0 Å². The Kier molecular flexibility index (Phi) is 3.82. The zero-order valence-corrected chi connectivity index (χ0v) is 7.91. The Morgan fingerprint density at radius 3 is 2.57 bits per heavy atom. The first-order chi connectivity index (χ1) is 6.60. The first-order valence-corrected chi connectivity index (χ1v) is 4.07. The van der Waals surface area contributed by atoms with E-state index in [1.807, 2.05) is 0 Å². The average molecular weight is 205 g/mol. The van der Waals surface area contributed by atoms with E-state index in [0.29, 0.717) is 0 Å². The van der Waals surface area contributed by atoms with Gasteiger partial charge in [-0.3, -0.25) is 0 Å². The summed E-state index contributed by atoms with van der Waals surface area (Å²) in [6, 6.07) is 0. The van der Waals surface area contributed by atoms with Crippen LogP contribution in [-0.2, 0) is 19.0 Å². The minimum Gasteiger partial charge on any atom is -0.467 e. The normalized spacial score (nSPS) is 38.0. The number of carbonyl (C=O) groups excluding carboxylic acids is 1. The van der Waals surface area contributed by atoms with Gasteiger partial charge in [-0.05, 0) is 0 Å². The minimum absolute atomic E-state index is 0.641. The lowest BCUT2D eigenvalue weighted by atomic mass is 10.0. The molecule has 14 heavy (non-hydrogen) atoms. The third-order valence-corrected chi connectivity index (χ3v) is 1.95. The molecule has 6 nitrogen and oxygen atoms in total. The summed E-state index contributed by atoms with van der Waals surface area (Å²) in [4.78, 5) is 11.1. The van der Waals surface area contributed by atoms with Gasteiger partial charge in [0.2, 0.25) is 0 Å². The van der Waals surface area contributed by atoms with Crippen LogP contribution in [0.1, 0.15) is 0 Å². The molecule has 1 aliphatic rings. The van der Waals surface area contributed by atoms with E-state index in [1.165, 1.54) is 14.2 Å². The van der Waals surface area contributed by atoms with E-state index >= 15 is 0 Å². The van der Waals surface area contributed by atoms with E-state index in [0.717, 1.165) is 6.42 Å². The lowest BCUT2D eigenvalue weighted by molar-refractivity contribution is -0.242. The molecule has 1 rings (SSSR count). The number of aliphatic hydroxyl groups excluding tert-OH is 2. The molecular weight excluding hydrogens is 192 g/mol. The molecule has 0 aromatic rings. The van der Waals surface area contributed by atoms with Crippen LogP contribution in [0.2, 0.25) is 0 Å². The number of hydrogen-bond donors (Lipinski definition) is 2. The maximum absolute atomic E-state index is 11.1. The highest BCUT2D eigenvalue weighted by Crippen LogP contribution is 2.20. The van der Waals surface area contributed by atoms with Gasteiger partial charge in [0.15, 0.2) is 12.4 Å². The predicted octanol–water partition coefficient (Wildman–Crippen LogP) is -1.54. The van der Waals surface area contributed by atoms with E-state index < -0.39 is 30.6 Å². The van der Waals surface area contributed by atoms with Crippen LogP contribution in [0.5, 0.6) is 0 Å². The monoisotopic (exact) mass is 205 g/mol. The van der Waals surface area contributed by atoms with Gasteiger partial charge in [-0.25, -0.2) is 4.79 Å². The summed E-state index contributed by atoms with van der Waals surface area (Å²) in [6.07, 6.45) is -3.24. The smallest absolute Gasteiger partial charge is 0.335 e. The number of ether oxygens (including phenoxy) is 3. The third-order valence-electron chi connectivity index (χ3n) is 1.95. The Hall–Kier alpha value is -0.690. The molecule has 1 heterocycles. The van der Waals surface area contributed by atoms with Crippen LogP contribution in [0.15, 0.2) is 0 Å². The van der Waals surface area contributed by atoms with Gasteiger partial charge in [0.05, 0.1) is 13.2 Å². The van der Waals surface area contributed by atoms with E-state index in [4.69, 9.17) is 9.47 Å². The van der Waals surface area contributed by atoms with Crippen molar-refractivity contribution in [3.8, 4) is 0 Å². The zero-order chi connectivity index (χ0) is 10.7. The van der Waals surface area contributed by atoms with Crippen molar-refractivity contribution >= 4 is 5.97 Å². The fourth-order valence-corrected chi connectivity index (χ4v) is 1.17. The summed E-state index contributed by atoms with van der Waals surface area (Å²) in [5.41, 5.74) is 0. The first kappa shape index (κ1) is 11.4. The van der Waals surface area contributed by atoms with Gasteiger partial charge < -0.3 is 24.4 Å². The second-order valence-corrected chi connectivity index (χ2v) is 2.86. The molecule has 1 aliphatic heterocycles. The summed E-state index contributed by atoms with van der Waals surface area (Å²) in [5, 5.41) is 18.6. The van der Waals surface area contributed by atoms with Crippen molar-refractivity contribution in [1.29, 1.82) is 0 Å². The molecule has 0 aliphatic carbocycles. The zero-order valence-electron chi connectivity index (χ0n) is 7.91. The maximum Gasteiger partial charge on any atom is 0.335 e. The molecule has 6 heteroatoms. The highest BCUT2D eigenvalue weighted by atomic mass is 16.7. The third kappa shape index (κ3) is 2.21. The van der Waals surface area contributed by atoms with Crippen LogP contribution in [0.3, 0.4) is 0 Å². The van der Waals surface area contributed by atoms with Crippen LogP contribution >= 0.6 is 0 Å². The Morgan fingerprint density at radius 2 is 2.07 bits per heavy atom. The van der Waals surface area contributed by atoms with Crippen LogP contribution < -0.4 is 0 Å². The van der Waals surface area contributed by atoms with Crippen molar-refractivity contribution in [2.75, 3.05) is 14.2 Å². The molecule has 1 fully saturated rings. The fourth-order valence-electron chi connectivity index (χ4n) is 1.17. The first-order valence-electron chi connectivity index (χ1n) is 4.07. The van der Waals surface area contributed by atoms with Crippen molar-refractivity contribution in [2.24, 2.45) is 0 Å². The number of methoxy groups -OCH3 is 2. The molecule has 0 aromatic carbocycles. The Morgan fingerprint density at radius 1 is 1.43 bits per heavy atom. The van der Waals surface area contributed by atoms with Crippen LogP contribution in [0.25, 0.3) is 0 Å². The average Bonchev–Trinajstić information content (AvgIpc) is 2.20. The van der Waals surface area contributed by atoms with Gasteiger partial charge >= 0.3 is 5.97 Å². The summed E-state index contributed by atoms with van der Waals surface area (Å²) in [6.45, 7) is 0. The van der Waals surface area contributed by atoms with Crippen molar-refractivity contribution < 1.29 is 29.2 Å². The highest BCUT2D eigenvalue weighted by Gasteiger charge is 2.40. The summed E-state index contributed by atoms with van der Waals surface area (Å²) >= 11 is 0. The number of esters is 1. The van der Waals surface area contributed by atoms with Gasteiger partial charge in [0.1, 0.15) is 6.10 Å². The van der Waals surface area contributed by atoms with E-state index in [-0.39, 0.29) is 0 Å². The molecule has 1 saturated heterocycles. The van der Waals surface area contributed by atoms with E-state index in [9.17, 15) is 15.0 Å². The van der Waals surface area contributed by atoms with Gasteiger partial charge in [-0.15, -0.1) is 0 Å². The van der Waals surface area contributed by atoms with Gasteiger partial charge in [0, 0.05) is 13.5 Å². The second-order valence-electron chi connectivity index (χ2n) is 2.86. The Bertz CT molecular complexity index is 206. The summed E-state index contributed by atoms with van der Waals surface area (Å²) < 4.78 is 14.2. The standard InChI is InChI=1S/C8H13O6/c1-12-7(11)5-3-4(9)6(10)8(13-2)14-5/h3-6,8-10H,1-2H3/t4-,5?,6?,8+/m1/s1. The molecule has 4 atom stereocenters. The predicted molar refractivity (Wildman–Crippen MR) is 44.0 cm³/mol. The van der Waals surface area contributed by atoms with Crippen LogP contribution in [0.4, 0.5) is 0 Å². The topological polar surface area (TPSA) is 85.2 Å². The van der Waals surface area contributed by atoms with Crippen molar-refractivity contribution in [3.63, 3.8) is 0 Å². The van der Waals surface area contributed by atoms with Crippen molar-refractivity contribution in [1.82, 2.24) is 0 Å². The SMILES string of the molecule is COC(=O)C1[CH][C@@H](O)C(O)[C@@H](OC)O1. The lowest BCUT2D eigenvalue weighted by Gasteiger charge is -2.34. The fraction of sp³-hybridized carbons (Fsp3) is 0.750. The second kappa shape index (κ2) is 4.70. The highest BCUT2D eigenvalue weighted by molar-refractivity contribution is 5.76. The van der Waals surface area contributed by atoms with Crippen molar-refractivity contribution in [3.05, 3.63) is 6.42 Å². The number of aliphatic hydroxyl groups is 2. The summed E-state index contributed by atoms with van der Waals surface area (Å²) in [5.74, 6) is -0.641. The largest absolute Gasteiger partial charge is 0.467 e. The molecule has 0 amide bonds. The molecule has 2 unspecified atom stereocenters.